The molecule has 8 heteroatoms. The molecule has 2 amide bonds. The maximum atomic E-state index is 12.4. The Morgan fingerprint density at radius 3 is 2.56 bits per heavy atom. The molecular formula is C19H19N3O5. The van der Waals surface area contributed by atoms with Crippen molar-refractivity contribution in [2.45, 2.75) is 0 Å². The van der Waals surface area contributed by atoms with E-state index in [9.17, 15) is 19.7 Å². The molecular weight excluding hydrogens is 350 g/mol. The van der Waals surface area contributed by atoms with Gasteiger partial charge in [-0.15, -0.1) is 0 Å². The predicted molar refractivity (Wildman–Crippen MR) is 99.9 cm³/mol. The van der Waals surface area contributed by atoms with Crippen LogP contribution in [0.5, 0.6) is 0 Å². The molecule has 2 aromatic rings. The first-order valence-electron chi connectivity index (χ1n) is 8.11. The van der Waals surface area contributed by atoms with Crippen LogP contribution in [0.25, 0.3) is 6.08 Å². The van der Waals surface area contributed by atoms with Crippen LogP contribution in [0.3, 0.4) is 0 Å². The minimum Gasteiger partial charge on any atom is -0.383 e. The Hall–Kier alpha value is -3.52. The lowest BCUT2D eigenvalue weighted by Gasteiger charge is -2.11. The van der Waals surface area contributed by atoms with Crippen molar-refractivity contribution in [3.8, 4) is 0 Å². The Morgan fingerprint density at radius 2 is 1.89 bits per heavy atom. The number of methoxy groups -OCH3 is 1. The van der Waals surface area contributed by atoms with Crippen molar-refractivity contribution in [3.63, 3.8) is 0 Å². The van der Waals surface area contributed by atoms with Crippen molar-refractivity contribution in [2.75, 3.05) is 20.3 Å². The van der Waals surface area contributed by atoms with Crippen LogP contribution in [-0.2, 0) is 9.53 Å². The van der Waals surface area contributed by atoms with Crippen molar-refractivity contribution >= 4 is 23.6 Å². The fraction of sp³-hybridized carbons (Fsp3) is 0.158. The van der Waals surface area contributed by atoms with Crippen LogP contribution in [0.2, 0.25) is 0 Å². The van der Waals surface area contributed by atoms with Gasteiger partial charge in [0.25, 0.3) is 17.5 Å². The van der Waals surface area contributed by atoms with Gasteiger partial charge in [-0.2, -0.15) is 0 Å². The van der Waals surface area contributed by atoms with E-state index in [1.807, 2.05) is 0 Å². The quantitative estimate of drug-likeness (QED) is 0.320. The Bertz CT molecular complexity index is 849. The third kappa shape index (κ3) is 6.05. The summed E-state index contributed by atoms with van der Waals surface area (Å²) in [5, 5.41) is 16.1. The number of benzene rings is 2. The van der Waals surface area contributed by atoms with E-state index >= 15 is 0 Å². The summed E-state index contributed by atoms with van der Waals surface area (Å²) in [5.41, 5.74) is 0.652. The fourth-order valence-electron chi connectivity index (χ4n) is 2.20. The molecule has 0 aromatic heterocycles. The van der Waals surface area contributed by atoms with Crippen LogP contribution in [0, 0.1) is 10.1 Å². The van der Waals surface area contributed by atoms with Gasteiger partial charge in [-0.05, 0) is 23.8 Å². The van der Waals surface area contributed by atoms with Crippen LogP contribution in [0.4, 0.5) is 5.69 Å². The molecule has 0 saturated heterocycles. The lowest BCUT2D eigenvalue weighted by atomic mass is 10.1. The molecule has 2 rings (SSSR count). The zero-order chi connectivity index (χ0) is 19.6. The second-order valence-electron chi connectivity index (χ2n) is 5.48. The topological polar surface area (TPSA) is 111 Å². The van der Waals surface area contributed by atoms with Crippen molar-refractivity contribution in [1.82, 2.24) is 10.6 Å². The van der Waals surface area contributed by atoms with E-state index < -0.39 is 16.7 Å². The van der Waals surface area contributed by atoms with Gasteiger partial charge in [0.05, 0.1) is 11.5 Å². The number of nitrogens with zero attached hydrogens (tertiary/aromatic N) is 1. The molecule has 0 unspecified atom stereocenters. The highest BCUT2D eigenvalue weighted by atomic mass is 16.6. The smallest absolute Gasteiger partial charge is 0.270 e. The lowest BCUT2D eigenvalue weighted by molar-refractivity contribution is -0.384. The number of amides is 2. The first-order chi connectivity index (χ1) is 13.0. The van der Waals surface area contributed by atoms with Crippen LogP contribution in [-0.4, -0.2) is 37.0 Å². The van der Waals surface area contributed by atoms with Gasteiger partial charge in [-0.25, -0.2) is 0 Å². The first kappa shape index (κ1) is 19.8. The van der Waals surface area contributed by atoms with Gasteiger partial charge < -0.3 is 15.4 Å². The molecule has 0 bridgehead atoms. The average Bonchev–Trinajstić information content (AvgIpc) is 2.68. The maximum Gasteiger partial charge on any atom is 0.270 e. The number of carbonyl (C=O) groups excluding carboxylic acids is 2. The normalized spacial score (nSPS) is 10.9. The fourth-order valence-corrected chi connectivity index (χ4v) is 2.20. The highest BCUT2D eigenvalue weighted by Crippen LogP contribution is 2.15. The van der Waals surface area contributed by atoms with Crippen molar-refractivity contribution in [1.29, 1.82) is 0 Å². The minimum absolute atomic E-state index is 0.0274. The summed E-state index contributed by atoms with van der Waals surface area (Å²) in [6, 6.07) is 14.2. The highest BCUT2D eigenvalue weighted by molar-refractivity contribution is 6.05. The van der Waals surface area contributed by atoms with E-state index in [4.69, 9.17) is 4.74 Å². The summed E-state index contributed by atoms with van der Waals surface area (Å²) in [4.78, 5) is 35.2. The van der Waals surface area contributed by atoms with Gasteiger partial charge in [0.1, 0.15) is 5.70 Å². The first-order valence-corrected chi connectivity index (χ1v) is 8.11. The largest absolute Gasteiger partial charge is 0.383 e. The zero-order valence-electron chi connectivity index (χ0n) is 14.7. The van der Waals surface area contributed by atoms with Gasteiger partial charge in [-0.1, -0.05) is 30.3 Å². The molecule has 27 heavy (non-hydrogen) atoms. The van der Waals surface area contributed by atoms with Gasteiger partial charge >= 0.3 is 0 Å². The van der Waals surface area contributed by atoms with Crippen molar-refractivity contribution in [2.24, 2.45) is 0 Å². The Kier molecular flexibility index (Phi) is 7.21. The molecule has 0 aliphatic carbocycles. The standard InChI is InChI=1S/C19H19N3O5/c1-27-11-10-20-19(24)17(21-18(23)15-7-3-2-4-8-15)13-14-6-5-9-16(12-14)22(25)26/h2-9,12-13H,10-11H2,1H3,(H,20,24)(H,21,23). The summed E-state index contributed by atoms with van der Waals surface area (Å²) in [6.45, 7) is 0.561. The third-order valence-electron chi connectivity index (χ3n) is 3.51. The highest BCUT2D eigenvalue weighted by Gasteiger charge is 2.15. The number of ether oxygens (including phenoxy) is 1. The van der Waals surface area contributed by atoms with Gasteiger partial charge in [0.2, 0.25) is 0 Å². The predicted octanol–water partition coefficient (Wildman–Crippen LogP) is 2.13. The summed E-state index contributed by atoms with van der Waals surface area (Å²) < 4.78 is 4.89. The number of rotatable bonds is 8. The summed E-state index contributed by atoms with van der Waals surface area (Å²) in [6.07, 6.45) is 1.38. The molecule has 0 spiro atoms. The number of nitrogens with one attached hydrogen (secondary N) is 2. The number of nitro benzene ring substituents is 1. The van der Waals surface area contributed by atoms with Gasteiger partial charge in [0, 0.05) is 31.4 Å². The Balaban J connectivity index is 2.28. The monoisotopic (exact) mass is 369 g/mol. The SMILES string of the molecule is COCCNC(=O)C(=Cc1cccc([N+](=O)[O-])c1)NC(=O)c1ccccc1. The number of nitro groups is 1. The Morgan fingerprint density at radius 1 is 1.15 bits per heavy atom. The average molecular weight is 369 g/mol. The van der Waals surface area contributed by atoms with E-state index in [2.05, 4.69) is 10.6 Å². The molecule has 0 heterocycles. The molecule has 8 nitrogen and oxygen atoms in total. The molecule has 0 radical (unpaired) electrons. The van der Waals surface area contributed by atoms with Crippen LogP contribution >= 0.6 is 0 Å². The molecule has 0 atom stereocenters. The van der Waals surface area contributed by atoms with E-state index in [0.29, 0.717) is 17.7 Å². The summed E-state index contributed by atoms with van der Waals surface area (Å²) in [7, 11) is 1.50. The number of hydrogen-bond acceptors (Lipinski definition) is 5. The molecule has 0 aliphatic rings. The summed E-state index contributed by atoms with van der Waals surface area (Å²) >= 11 is 0. The molecule has 0 aliphatic heterocycles. The van der Waals surface area contributed by atoms with Gasteiger partial charge in [-0.3, -0.25) is 19.7 Å². The van der Waals surface area contributed by atoms with Crippen LogP contribution in [0.1, 0.15) is 15.9 Å². The van der Waals surface area contributed by atoms with Gasteiger partial charge in [0.15, 0.2) is 0 Å². The number of carbonyl (C=O) groups is 2. The molecule has 140 valence electrons. The third-order valence-corrected chi connectivity index (χ3v) is 3.51. The number of non-ortho nitro benzene ring substituents is 1. The second-order valence-corrected chi connectivity index (χ2v) is 5.48. The van der Waals surface area contributed by atoms with Crippen LogP contribution in [0.15, 0.2) is 60.3 Å². The van der Waals surface area contributed by atoms with Crippen molar-refractivity contribution < 1.29 is 19.2 Å². The second kappa shape index (κ2) is 9.83. The van der Waals surface area contributed by atoms with E-state index in [1.54, 1.807) is 36.4 Å². The molecule has 0 saturated carbocycles. The Labute approximate surface area is 156 Å². The summed E-state index contributed by atoms with van der Waals surface area (Å²) in [5.74, 6) is -0.989. The lowest BCUT2D eigenvalue weighted by Crippen LogP contribution is -2.36. The molecule has 2 aromatic carbocycles. The van der Waals surface area contributed by atoms with E-state index in [0.717, 1.165) is 0 Å². The maximum absolute atomic E-state index is 12.4. The van der Waals surface area contributed by atoms with Crippen LogP contribution < -0.4 is 10.6 Å². The number of hydrogen-bond donors (Lipinski definition) is 2. The van der Waals surface area contributed by atoms with Crippen molar-refractivity contribution in [3.05, 3.63) is 81.5 Å². The van der Waals surface area contributed by atoms with E-state index in [1.165, 1.54) is 31.4 Å². The zero-order valence-corrected chi connectivity index (χ0v) is 14.7. The molecule has 2 N–H and O–H groups in total. The minimum atomic E-state index is -0.530. The molecule has 0 fully saturated rings. The van der Waals surface area contributed by atoms with E-state index in [-0.39, 0.29) is 17.9 Å².